The zero-order chi connectivity index (χ0) is 13.1. The maximum absolute atomic E-state index is 13.5. The maximum atomic E-state index is 13.5. The first-order chi connectivity index (χ1) is 8.65. The van der Waals surface area contributed by atoms with E-state index >= 15 is 0 Å². The number of rotatable bonds is 3. The number of anilines is 1. The summed E-state index contributed by atoms with van der Waals surface area (Å²) in [6.07, 6.45) is 1.42. The summed E-state index contributed by atoms with van der Waals surface area (Å²) < 4.78 is 18.4. The van der Waals surface area contributed by atoms with E-state index in [0.717, 1.165) is 0 Å². The van der Waals surface area contributed by atoms with Crippen LogP contribution in [0.25, 0.3) is 11.4 Å². The minimum atomic E-state index is -0.497. The van der Waals surface area contributed by atoms with Crippen LogP contribution in [0.5, 0.6) is 5.75 Å². The summed E-state index contributed by atoms with van der Waals surface area (Å²) >= 11 is 0. The van der Waals surface area contributed by atoms with Gasteiger partial charge in [-0.15, -0.1) is 0 Å². The molecule has 94 valence electrons. The average molecular weight is 249 g/mol. The molecule has 0 saturated carbocycles. The highest BCUT2D eigenvalue weighted by Gasteiger charge is 2.09. The van der Waals surface area contributed by atoms with Gasteiger partial charge in [0.2, 0.25) is 0 Å². The first-order valence-electron chi connectivity index (χ1n) is 5.22. The fourth-order valence-corrected chi connectivity index (χ4v) is 1.49. The average Bonchev–Trinajstić information content (AvgIpc) is 2.38. The predicted octanol–water partition coefficient (Wildman–Crippen LogP) is 1.37. The van der Waals surface area contributed by atoms with Crippen molar-refractivity contribution in [1.29, 1.82) is 0 Å². The maximum Gasteiger partial charge on any atom is 0.165 e. The molecule has 2 aromatic rings. The van der Waals surface area contributed by atoms with Crippen molar-refractivity contribution in [2.45, 2.75) is 6.61 Å². The largest absolute Gasteiger partial charge is 0.494 e. The molecule has 0 bridgehead atoms. The number of ether oxygens (including phenoxy) is 1. The Kier molecular flexibility index (Phi) is 3.38. The second-order valence-corrected chi connectivity index (χ2v) is 3.61. The molecule has 1 aromatic heterocycles. The van der Waals surface area contributed by atoms with Crippen molar-refractivity contribution in [2.75, 3.05) is 12.8 Å². The Labute approximate surface area is 103 Å². The molecule has 0 amide bonds. The summed E-state index contributed by atoms with van der Waals surface area (Å²) in [7, 11) is 1.39. The van der Waals surface area contributed by atoms with Crippen LogP contribution in [0, 0.1) is 5.82 Å². The Morgan fingerprint density at radius 2 is 2.22 bits per heavy atom. The lowest BCUT2D eigenvalue weighted by molar-refractivity contribution is 0.281. The van der Waals surface area contributed by atoms with Crippen molar-refractivity contribution in [3.63, 3.8) is 0 Å². The highest BCUT2D eigenvalue weighted by molar-refractivity contribution is 5.58. The zero-order valence-electron chi connectivity index (χ0n) is 9.72. The first kappa shape index (κ1) is 12.3. The number of nitrogen functional groups attached to an aromatic ring is 1. The third-order valence-corrected chi connectivity index (χ3v) is 2.48. The highest BCUT2D eigenvalue weighted by atomic mass is 19.1. The van der Waals surface area contributed by atoms with Crippen molar-refractivity contribution in [3.05, 3.63) is 35.8 Å². The van der Waals surface area contributed by atoms with Crippen LogP contribution in [0.15, 0.2) is 24.4 Å². The van der Waals surface area contributed by atoms with E-state index in [0.29, 0.717) is 17.0 Å². The Hall–Kier alpha value is -2.21. The third kappa shape index (κ3) is 2.23. The number of hydrogen-bond acceptors (Lipinski definition) is 5. The lowest BCUT2D eigenvalue weighted by Gasteiger charge is -2.06. The second kappa shape index (κ2) is 4.97. The SMILES string of the molecule is COc1ccc(-c2ncc(CO)c(N)n2)cc1F. The minimum Gasteiger partial charge on any atom is -0.494 e. The van der Waals surface area contributed by atoms with E-state index < -0.39 is 5.82 Å². The van der Waals surface area contributed by atoms with Gasteiger partial charge >= 0.3 is 0 Å². The molecular formula is C12H12FN3O2. The Balaban J connectivity index is 2.42. The number of nitrogens with zero attached hydrogens (tertiary/aromatic N) is 2. The number of benzene rings is 1. The molecule has 5 nitrogen and oxygen atoms in total. The molecule has 2 rings (SSSR count). The van der Waals surface area contributed by atoms with Gasteiger partial charge in [0.25, 0.3) is 0 Å². The van der Waals surface area contributed by atoms with Gasteiger partial charge in [-0.05, 0) is 18.2 Å². The van der Waals surface area contributed by atoms with Crippen molar-refractivity contribution in [2.24, 2.45) is 0 Å². The summed E-state index contributed by atoms with van der Waals surface area (Å²) in [4.78, 5) is 8.03. The molecule has 18 heavy (non-hydrogen) atoms. The van der Waals surface area contributed by atoms with Gasteiger partial charge in [-0.3, -0.25) is 0 Å². The van der Waals surface area contributed by atoms with Crippen LogP contribution in [-0.4, -0.2) is 22.2 Å². The van der Waals surface area contributed by atoms with Gasteiger partial charge in [-0.2, -0.15) is 0 Å². The van der Waals surface area contributed by atoms with Gasteiger partial charge in [0.15, 0.2) is 17.4 Å². The quantitative estimate of drug-likeness (QED) is 0.858. The topological polar surface area (TPSA) is 81.3 Å². The fraction of sp³-hybridized carbons (Fsp3) is 0.167. The van der Waals surface area contributed by atoms with E-state index in [2.05, 4.69) is 9.97 Å². The number of nitrogens with two attached hydrogens (primary N) is 1. The number of aliphatic hydroxyl groups excluding tert-OH is 1. The highest BCUT2D eigenvalue weighted by Crippen LogP contribution is 2.24. The van der Waals surface area contributed by atoms with E-state index in [1.54, 1.807) is 6.07 Å². The van der Waals surface area contributed by atoms with Crippen LogP contribution in [0.1, 0.15) is 5.56 Å². The second-order valence-electron chi connectivity index (χ2n) is 3.61. The summed E-state index contributed by atoms with van der Waals surface area (Å²) in [6, 6.07) is 4.39. The van der Waals surface area contributed by atoms with Crippen molar-refractivity contribution < 1.29 is 14.2 Å². The molecule has 0 aliphatic carbocycles. The summed E-state index contributed by atoms with van der Waals surface area (Å²) in [5, 5.41) is 8.96. The Bertz CT molecular complexity index is 524. The number of methoxy groups -OCH3 is 1. The number of halogens is 1. The zero-order valence-corrected chi connectivity index (χ0v) is 9.72. The molecule has 3 N–H and O–H groups in total. The molecule has 1 aromatic carbocycles. The molecule has 0 spiro atoms. The molecule has 6 heteroatoms. The summed E-state index contributed by atoms with van der Waals surface area (Å²) in [5.41, 5.74) is 6.56. The molecule has 0 atom stereocenters. The van der Waals surface area contributed by atoms with Gasteiger partial charge in [0.05, 0.1) is 13.7 Å². The molecular weight excluding hydrogens is 237 g/mol. The van der Waals surface area contributed by atoms with Crippen LogP contribution in [0.3, 0.4) is 0 Å². The minimum absolute atomic E-state index is 0.152. The number of hydrogen-bond donors (Lipinski definition) is 2. The number of aliphatic hydroxyl groups is 1. The molecule has 0 fully saturated rings. The monoisotopic (exact) mass is 249 g/mol. The third-order valence-electron chi connectivity index (χ3n) is 2.48. The van der Waals surface area contributed by atoms with Crippen molar-refractivity contribution in [1.82, 2.24) is 9.97 Å². The number of aromatic nitrogens is 2. The molecule has 1 heterocycles. The molecule has 0 radical (unpaired) electrons. The van der Waals surface area contributed by atoms with Gasteiger partial charge in [-0.25, -0.2) is 14.4 Å². The van der Waals surface area contributed by atoms with Gasteiger partial charge in [0, 0.05) is 17.3 Å². The molecule has 0 aliphatic rings. The smallest absolute Gasteiger partial charge is 0.165 e. The summed E-state index contributed by atoms with van der Waals surface area (Å²) in [6.45, 7) is -0.233. The van der Waals surface area contributed by atoms with Crippen molar-refractivity contribution in [3.8, 4) is 17.1 Å². The van der Waals surface area contributed by atoms with Crippen LogP contribution in [0.4, 0.5) is 10.2 Å². The molecule has 0 unspecified atom stereocenters. The van der Waals surface area contributed by atoms with Gasteiger partial charge < -0.3 is 15.6 Å². The fourth-order valence-electron chi connectivity index (χ4n) is 1.49. The van der Waals surface area contributed by atoms with Gasteiger partial charge in [-0.1, -0.05) is 0 Å². The van der Waals surface area contributed by atoms with E-state index in [4.69, 9.17) is 15.6 Å². The van der Waals surface area contributed by atoms with Crippen LogP contribution < -0.4 is 10.5 Å². The molecule has 0 aliphatic heterocycles. The first-order valence-corrected chi connectivity index (χ1v) is 5.22. The van der Waals surface area contributed by atoms with Crippen LogP contribution in [-0.2, 0) is 6.61 Å². The predicted molar refractivity (Wildman–Crippen MR) is 64.3 cm³/mol. The van der Waals surface area contributed by atoms with Crippen molar-refractivity contribution >= 4 is 5.82 Å². The van der Waals surface area contributed by atoms with E-state index in [1.807, 2.05) is 0 Å². The summed E-state index contributed by atoms with van der Waals surface area (Å²) in [5.74, 6) is 0.132. The Morgan fingerprint density at radius 3 is 2.78 bits per heavy atom. The lowest BCUT2D eigenvalue weighted by Crippen LogP contribution is -2.01. The van der Waals surface area contributed by atoms with Gasteiger partial charge in [0.1, 0.15) is 5.82 Å². The Morgan fingerprint density at radius 1 is 1.44 bits per heavy atom. The van der Waals surface area contributed by atoms with E-state index in [1.165, 1.54) is 25.4 Å². The molecule has 0 saturated heterocycles. The van der Waals surface area contributed by atoms with Crippen LogP contribution >= 0.6 is 0 Å². The standard InChI is InChI=1S/C12H12FN3O2/c1-18-10-3-2-7(4-9(10)13)12-15-5-8(6-17)11(14)16-12/h2-5,17H,6H2,1H3,(H2,14,15,16). The normalized spacial score (nSPS) is 10.4. The van der Waals surface area contributed by atoms with Crippen LogP contribution in [0.2, 0.25) is 0 Å². The van der Waals surface area contributed by atoms with E-state index in [-0.39, 0.29) is 18.2 Å². The van der Waals surface area contributed by atoms with E-state index in [9.17, 15) is 4.39 Å². The lowest BCUT2D eigenvalue weighted by atomic mass is 10.2.